The fourth-order valence-corrected chi connectivity index (χ4v) is 3.26. The maximum absolute atomic E-state index is 12.6. The van der Waals surface area contributed by atoms with Gasteiger partial charge >= 0.3 is 0 Å². The van der Waals surface area contributed by atoms with Gasteiger partial charge in [-0.05, 0) is 30.5 Å². The number of nitrogens with zero attached hydrogens (tertiary/aromatic N) is 1. The first-order valence-corrected chi connectivity index (χ1v) is 8.69. The number of methoxy groups -OCH3 is 1. The Kier molecular flexibility index (Phi) is 5.39. The molecule has 0 N–H and O–H groups in total. The number of hydrogen-bond donors (Lipinski definition) is 0. The van der Waals surface area contributed by atoms with Gasteiger partial charge in [0.05, 0.1) is 25.7 Å². The fourth-order valence-electron chi connectivity index (χ4n) is 3.26. The van der Waals surface area contributed by atoms with E-state index in [0.29, 0.717) is 13.2 Å². The van der Waals surface area contributed by atoms with E-state index in [1.807, 2.05) is 36.2 Å². The summed E-state index contributed by atoms with van der Waals surface area (Å²) in [4.78, 5) is 14.4. The summed E-state index contributed by atoms with van der Waals surface area (Å²) in [6, 6.07) is 16.3. The molecule has 25 heavy (non-hydrogen) atoms. The van der Waals surface area contributed by atoms with Gasteiger partial charge in [0.1, 0.15) is 5.75 Å². The average Bonchev–Trinajstić information content (AvgIpc) is 3.21. The molecule has 1 heterocycles. The van der Waals surface area contributed by atoms with Gasteiger partial charge in [-0.1, -0.05) is 42.5 Å². The standard InChI is InChI=1S/C21H25NO3/c1-15(22(2)21(23)18-12-13-25-14-18)16-8-10-17(11-9-16)19-6-4-5-7-20(19)24-3/h4-11,15,18H,12-14H2,1-3H3/t15-,18-/m0/s1. The SMILES string of the molecule is COc1ccccc1-c1ccc([C@H](C)N(C)C(=O)[C@H]2CCOC2)cc1. The Morgan fingerprint density at radius 2 is 1.92 bits per heavy atom. The quantitative estimate of drug-likeness (QED) is 0.829. The second kappa shape index (κ2) is 7.70. The van der Waals surface area contributed by atoms with Crippen molar-refractivity contribution in [1.82, 2.24) is 4.90 Å². The summed E-state index contributed by atoms with van der Waals surface area (Å²) in [5.41, 5.74) is 3.29. The maximum Gasteiger partial charge on any atom is 0.228 e. The number of ether oxygens (including phenoxy) is 2. The zero-order valence-electron chi connectivity index (χ0n) is 15.1. The van der Waals surface area contributed by atoms with E-state index in [1.54, 1.807) is 7.11 Å². The Morgan fingerprint density at radius 1 is 1.20 bits per heavy atom. The summed E-state index contributed by atoms with van der Waals surface area (Å²) >= 11 is 0. The number of hydrogen-bond acceptors (Lipinski definition) is 3. The molecule has 1 saturated heterocycles. The molecule has 0 bridgehead atoms. The predicted molar refractivity (Wildman–Crippen MR) is 98.5 cm³/mol. The summed E-state index contributed by atoms with van der Waals surface area (Å²) in [5, 5.41) is 0. The van der Waals surface area contributed by atoms with Crippen LogP contribution in [0.5, 0.6) is 5.75 Å². The monoisotopic (exact) mass is 339 g/mol. The molecule has 2 atom stereocenters. The van der Waals surface area contributed by atoms with Crippen LogP contribution < -0.4 is 4.74 Å². The zero-order valence-corrected chi connectivity index (χ0v) is 15.1. The number of amides is 1. The molecule has 132 valence electrons. The minimum absolute atomic E-state index is 0.000281. The van der Waals surface area contributed by atoms with Gasteiger partial charge in [-0.25, -0.2) is 0 Å². The third kappa shape index (κ3) is 3.69. The van der Waals surface area contributed by atoms with E-state index in [9.17, 15) is 4.79 Å². The number of rotatable bonds is 5. The predicted octanol–water partition coefficient (Wildman–Crippen LogP) is 3.92. The van der Waals surface area contributed by atoms with Gasteiger partial charge in [0.15, 0.2) is 0 Å². The molecule has 1 aliphatic heterocycles. The lowest BCUT2D eigenvalue weighted by atomic mass is 9.99. The molecule has 0 saturated carbocycles. The molecule has 1 amide bonds. The minimum atomic E-state index is 0.000281. The molecule has 2 aromatic carbocycles. The lowest BCUT2D eigenvalue weighted by Crippen LogP contribution is -2.35. The Hall–Kier alpha value is -2.33. The van der Waals surface area contributed by atoms with E-state index < -0.39 is 0 Å². The lowest BCUT2D eigenvalue weighted by molar-refractivity contribution is -0.136. The summed E-state index contributed by atoms with van der Waals surface area (Å²) in [6.45, 7) is 3.29. The molecular weight excluding hydrogens is 314 g/mol. The Bertz CT molecular complexity index is 720. The van der Waals surface area contributed by atoms with Crippen LogP contribution in [0, 0.1) is 5.92 Å². The van der Waals surface area contributed by atoms with Gasteiger partial charge in [-0.3, -0.25) is 4.79 Å². The summed E-state index contributed by atoms with van der Waals surface area (Å²) in [5.74, 6) is 1.02. The number of para-hydroxylation sites is 1. The molecule has 2 aromatic rings. The summed E-state index contributed by atoms with van der Waals surface area (Å²) in [6.07, 6.45) is 0.822. The van der Waals surface area contributed by atoms with Crippen molar-refractivity contribution in [2.24, 2.45) is 5.92 Å². The van der Waals surface area contributed by atoms with Crippen LogP contribution in [0.2, 0.25) is 0 Å². The van der Waals surface area contributed by atoms with Crippen molar-refractivity contribution in [3.05, 3.63) is 54.1 Å². The Balaban J connectivity index is 1.76. The highest BCUT2D eigenvalue weighted by Crippen LogP contribution is 2.31. The van der Waals surface area contributed by atoms with Crippen LogP contribution in [0.4, 0.5) is 0 Å². The van der Waals surface area contributed by atoms with Gasteiger partial charge in [-0.15, -0.1) is 0 Å². The summed E-state index contributed by atoms with van der Waals surface area (Å²) in [7, 11) is 3.56. The van der Waals surface area contributed by atoms with Crippen LogP contribution in [0.3, 0.4) is 0 Å². The van der Waals surface area contributed by atoms with Gasteiger partial charge in [-0.2, -0.15) is 0 Å². The van der Waals surface area contributed by atoms with Crippen LogP contribution in [-0.2, 0) is 9.53 Å². The van der Waals surface area contributed by atoms with Crippen molar-refractivity contribution >= 4 is 5.91 Å². The van der Waals surface area contributed by atoms with E-state index >= 15 is 0 Å². The first-order chi connectivity index (χ1) is 12.1. The zero-order chi connectivity index (χ0) is 17.8. The van der Waals surface area contributed by atoms with E-state index in [1.165, 1.54) is 0 Å². The lowest BCUT2D eigenvalue weighted by Gasteiger charge is -2.27. The molecule has 0 unspecified atom stereocenters. The topological polar surface area (TPSA) is 38.8 Å². The summed E-state index contributed by atoms with van der Waals surface area (Å²) < 4.78 is 10.8. The molecule has 3 rings (SSSR count). The van der Waals surface area contributed by atoms with E-state index in [-0.39, 0.29) is 17.9 Å². The van der Waals surface area contributed by atoms with Gasteiger partial charge in [0.2, 0.25) is 5.91 Å². The van der Waals surface area contributed by atoms with Crippen molar-refractivity contribution in [3.63, 3.8) is 0 Å². The van der Waals surface area contributed by atoms with Gasteiger partial charge in [0, 0.05) is 19.2 Å². The molecule has 0 spiro atoms. The van der Waals surface area contributed by atoms with Gasteiger partial charge < -0.3 is 14.4 Å². The van der Waals surface area contributed by atoms with Crippen LogP contribution in [-0.4, -0.2) is 38.2 Å². The first-order valence-electron chi connectivity index (χ1n) is 8.69. The van der Waals surface area contributed by atoms with Gasteiger partial charge in [0.25, 0.3) is 0 Å². The molecule has 0 aliphatic carbocycles. The second-order valence-corrected chi connectivity index (χ2v) is 6.51. The van der Waals surface area contributed by atoms with Crippen LogP contribution in [0.1, 0.15) is 24.9 Å². The normalized spacial score (nSPS) is 18.0. The van der Waals surface area contributed by atoms with Crippen molar-refractivity contribution in [3.8, 4) is 16.9 Å². The number of carbonyl (C=O) groups excluding carboxylic acids is 1. The molecule has 4 heteroatoms. The molecular formula is C21H25NO3. The Labute approximate surface area is 149 Å². The third-order valence-corrected chi connectivity index (χ3v) is 5.02. The van der Waals surface area contributed by atoms with Crippen LogP contribution in [0.25, 0.3) is 11.1 Å². The number of carbonyl (C=O) groups is 1. The highest BCUT2D eigenvalue weighted by molar-refractivity contribution is 5.79. The van der Waals surface area contributed by atoms with Crippen molar-refractivity contribution in [2.45, 2.75) is 19.4 Å². The first kappa shape index (κ1) is 17.5. The van der Waals surface area contributed by atoms with E-state index in [0.717, 1.165) is 28.9 Å². The highest BCUT2D eigenvalue weighted by atomic mass is 16.5. The van der Waals surface area contributed by atoms with Crippen molar-refractivity contribution < 1.29 is 14.3 Å². The maximum atomic E-state index is 12.6. The van der Waals surface area contributed by atoms with Crippen molar-refractivity contribution in [2.75, 3.05) is 27.4 Å². The highest BCUT2D eigenvalue weighted by Gasteiger charge is 2.28. The fraction of sp³-hybridized carbons (Fsp3) is 0.381. The smallest absolute Gasteiger partial charge is 0.228 e. The molecule has 4 nitrogen and oxygen atoms in total. The number of benzene rings is 2. The third-order valence-electron chi connectivity index (χ3n) is 5.02. The second-order valence-electron chi connectivity index (χ2n) is 6.51. The largest absolute Gasteiger partial charge is 0.496 e. The average molecular weight is 339 g/mol. The molecule has 1 fully saturated rings. The van der Waals surface area contributed by atoms with E-state index in [2.05, 4.69) is 31.2 Å². The van der Waals surface area contributed by atoms with E-state index in [4.69, 9.17) is 9.47 Å². The Morgan fingerprint density at radius 3 is 2.56 bits per heavy atom. The van der Waals surface area contributed by atoms with Crippen LogP contribution >= 0.6 is 0 Å². The van der Waals surface area contributed by atoms with Crippen LogP contribution in [0.15, 0.2) is 48.5 Å². The minimum Gasteiger partial charge on any atom is -0.496 e. The molecule has 0 radical (unpaired) electrons. The molecule has 0 aromatic heterocycles. The van der Waals surface area contributed by atoms with Crippen molar-refractivity contribution in [1.29, 1.82) is 0 Å². The molecule has 1 aliphatic rings.